The normalized spacial score (nSPS) is 35.2. The minimum absolute atomic E-state index is 0.146. The number of para-hydroxylation sites is 1. The van der Waals surface area contributed by atoms with E-state index >= 15 is 0 Å². The molecule has 1 aromatic carbocycles. The van der Waals surface area contributed by atoms with E-state index in [4.69, 9.17) is 9.47 Å². The molecule has 0 saturated carbocycles. The third kappa shape index (κ3) is 1.44. The smallest absolute Gasteiger partial charge is 0.135 e. The van der Waals surface area contributed by atoms with Gasteiger partial charge in [-0.3, -0.25) is 0 Å². The number of ether oxygens (including phenoxy) is 2. The van der Waals surface area contributed by atoms with Crippen molar-refractivity contribution < 1.29 is 9.47 Å². The number of epoxide rings is 1. The van der Waals surface area contributed by atoms with Crippen LogP contribution in [0.5, 0.6) is 5.75 Å². The highest BCUT2D eigenvalue weighted by Crippen LogP contribution is 2.55. The zero-order valence-corrected chi connectivity index (χ0v) is 10.1. The Balaban J connectivity index is 1.93. The van der Waals surface area contributed by atoms with Crippen LogP contribution in [0.15, 0.2) is 24.3 Å². The van der Waals surface area contributed by atoms with Crippen LogP contribution in [0.4, 0.5) is 0 Å². The van der Waals surface area contributed by atoms with Crippen molar-refractivity contribution in [3.63, 3.8) is 0 Å². The molecule has 2 heteroatoms. The molecule has 16 heavy (non-hydrogen) atoms. The molecule has 0 spiro atoms. The monoisotopic (exact) mass is 218 g/mol. The van der Waals surface area contributed by atoms with E-state index < -0.39 is 0 Å². The maximum atomic E-state index is 6.16. The van der Waals surface area contributed by atoms with Crippen LogP contribution in [-0.2, 0) is 4.74 Å². The van der Waals surface area contributed by atoms with Crippen molar-refractivity contribution in [3.8, 4) is 5.75 Å². The van der Waals surface area contributed by atoms with Gasteiger partial charge in [0.15, 0.2) is 0 Å². The summed E-state index contributed by atoms with van der Waals surface area (Å²) in [5.41, 5.74) is 1.07. The largest absolute Gasteiger partial charge is 0.484 e. The molecule has 0 N–H and O–H groups in total. The molecule has 86 valence electrons. The van der Waals surface area contributed by atoms with Crippen LogP contribution in [0.3, 0.4) is 0 Å². The highest BCUT2D eigenvalue weighted by atomic mass is 16.6. The molecule has 1 fully saturated rings. The molecule has 2 aliphatic heterocycles. The molecule has 0 radical (unpaired) electrons. The van der Waals surface area contributed by atoms with Gasteiger partial charge in [0.1, 0.15) is 23.6 Å². The summed E-state index contributed by atoms with van der Waals surface area (Å²) in [5, 5.41) is 0. The summed E-state index contributed by atoms with van der Waals surface area (Å²) >= 11 is 0. The average Bonchev–Trinajstić information content (AvgIpc) is 2.96. The van der Waals surface area contributed by atoms with E-state index in [1.54, 1.807) is 0 Å². The lowest BCUT2D eigenvalue weighted by molar-refractivity contribution is 0.0336. The molecule has 0 aromatic heterocycles. The van der Waals surface area contributed by atoms with Crippen LogP contribution in [0.2, 0.25) is 0 Å². The molecular formula is C14H18O2. The number of fused-ring (bicyclic) bond motifs is 3. The molecule has 0 amide bonds. The van der Waals surface area contributed by atoms with Gasteiger partial charge in [-0.2, -0.15) is 0 Å². The lowest BCUT2D eigenvalue weighted by Crippen LogP contribution is -2.42. The molecule has 0 aliphatic carbocycles. The van der Waals surface area contributed by atoms with Gasteiger partial charge in [-0.05, 0) is 25.3 Å². The zero-order chi connectivity index (χ0) is 11.3. The van der Waals surface area contributed by atoms with Gasteiger partial charge in [0, 0.05) is 5.56 Å². The van der Waals surface area contributed by atoms with Crippen molar-refractivity contribution in [2.24, 2.45) is 5.92 Å². The third-order valence-electron chi connectivity index (χ3n) is 3.48. The SMILES string of the molecule is CC(C)C[C@]1(C)Oc2ccccc2[C@@H]2O[C@@H]21. The predicted octanol–water partition coefficient (Wildman–Crippen LogP) is 3.32. The van der Waals surface area contributed by atoms with Gasteiger partial charge < -0.3 is 9.47 Å². The first kappa shape index (κ1) is 10.2. The Labute approximate surface area is 96.6 Å². The van der Waals surface area contributed by atoms with Crippen LogP contribution in [0, 0.1) is 5.92 Å². The molecule has 2 heterocycles. The standard InChI is InChI=1S/C14H18O2/c1-9(2)8-14(3)13-12(15-13)10-6-4-5-7-11(10)16-14/h4-7,9,12-13H,8H2,1-3H3/t12-,13-,14-/m0/s1. The van der Waals surface area contributed by atoms with Gasteiger partial charge in [0.05, 0.1) is 0 Å². The van der Waals surface area contributed by atoms with E-state index in [0.717, 1.165) is 12.2 Å². The molecule has 1 saturated heterocycles. The summed E-state index contributed by atoms with van der Waals surface area (Å²) in [6.07, 6.45) is 1.57. The summed E-state index contributed by atoms with van der Waals surface area (Å²) in [7, 11) is 0. The maximum Gasteiger partial charge on any atom is 0.135 e. The summed E-state index contributed by atoms with van der Waals surface area (Å²) in [6, 6.07) is 8.23. The molecule has 3 atom stereocenters. The van der Waals surface area contributed by atoms with Crippen LogP contribution in [-0.4, -0.2) is 11.7 Å². The molecular weight excluding hydrogens is 200 g/mol. The van der Waals surface area contributed by atoms with Crippen LogP contribution in [0.1, 0.15) is 38.9 Å². The summed E-state index contributed by atoms with van der Waals surface area (Å²) in [5.74, 6) is 1.63. The quantitative estimate of drug-likeness (QED) is 0.710. The van der Waals surface area contributed by atoms with Crippen molar-refractivity contribution in [2.45, 2.75) is 45.0 Å². The third-order valence-corrected chi connectivity index (χ3v) is 3.48. The van der Waals surface area contributed by atoms with E-state index in [-0.39, 0.29) is 17.8 Å². The maximum absolute atomic E-state index is 6.16. The fourth-order valence-corrected chi connectivity index (χ4v) is 2.90. The van der Waals surface area contributed by atoms with Gasteiger partial charge in [0.25, 0.3) is 0 Å². The topological polar surface area (TPSA) is 21.8 Å². The van der Waals surface area contributed by atoms with E-state index in [2.05, 4.69) is 26.8 Å². The van der Waals surface area contributed by atoms with Crippen molar-refractivity contribution in [3.05, 3.63) is 29.8 Å². The van der Waals surface area contributed by atoms with Gasteiger partial charge in [-0.15, -0.1) is 0 Å². The van der Waals surface area contributed by atoms with E-state index in [1.165, 1.54) is 5.56 Å². The Morgan fingerprint density at radius 2 is 2.06 bits per heavy atom. The summed E-state index contributed by atoms with van der Waals surface area (Å²) in [4.78, 5) is 0. The van der Waals surface area contributed by atoms with E-state index in [9.17, 15) is 0 Å². The van der Waals surface area contributed by atoms with Gasteiger partial charge in [-0.1, -0.05) is 32.0 Å². The second-order valence-electron chi connectivity index (χ2n) is 5.53. The zero-order valence-electron chi connectivity index (χ0n) is 10.1. The second kappa shape index (κ2) is 3.24. The lowest BCUT2D eigenvalue weighted by atomic mass is 9.86. The number of hydrogen-bond donors (Lipinski definition) is 0. The molecule has 0 bridgehead atoms. The van der Waals surface area contributed by atoms with Crippen molar-refractivity contribution in [2.75, 3.05) is 0 Å². The molecule has 2 nitrogen and oxygen atoms in total. The average molecular weight is 218 g/mol. The molecule has 3 rings (SSSR count). The van der Waals surface area contributed by atoms with Gasteiger partial charge in [-0.25, -0.2) is 0 Å². The van der Waals surface area contributed by atoms with Gasteiger partial charge in [0.2, 0.25) is 0 Å². The highest BCUT2D eigenvalue weighted by molar-refractivity contribution is 5.42. The first-order valence-electron chi connectivity index (χ1n) is 6.03. The first-order valence-corrected chi connectivity index (χ1v) is 6.03. The Morgan fingerprint density at radius 3 is 2.81 bits per heavy atom. The number of rotatable bonds is 2. The Kier molecular flexibility index (Phi) is 2.05. The summed E-state index contributed by atoms with van der Waals surface area (Å²) < 4.78 is 12.0. The highest BCUT2D eigenvalue weighted by Gasteiger charge is 2.58. The Morgan fingerprint density at radius 1 is 1.31 bits per heavy atom. The Bertz CT molecular complexity index is 413. The molecule has 2 aliphatic rings. The van der Waals surface area contributed by atoms with Crippen molar-refractivity contribution in [1.29, 1.82) is 0 Å². The fraction of sp³-hybridized carbons (Fsp3) is 0.571. The predicted molar refractivity (Wildman–Crippen MR) is 62.5 cm³/mol. The first-order chi connectivity index (χ1) is 7.60. The van der Waals surface area contributed by atoms with Crippen molar-refractivity contribution in [1.82, 2.24) is 0 Å². The fourth-order valence-electron chi connectivity index (χ4n) is 2.90. The van der Waals surface area contributed by atoms with Crippen molar-refractivity contribution >= 4 is 0 Å². The van der Waals surface area contributed by atoms with Crippen LogP contribution >= 0.6 is 0 Å². The second-order valence-corrected chi connectivity index (χ2v) is 5.53. The van der Waals surface area contributed by atoms with E-state index in [1.807, 2.05) is 18.2 Å². The van der Waals surface area contributed by atoms with E-state index in [0.29, 0.717) is 5.92 Å². The summed E-state index contributed by atoms with van der Waals surface area (Å²) in [6.45, 7) is 6.63. The molecule has 0 unspecified atom stereocenters. The lowest BCUT2D eigenvalue weighted by Gasteiger charge is -2.34. The van der Waals surface area contributed by atoms with Gasteiger partial charge >= 0.3 is 0 Å². The van der Waals surface area contributed by atoms with Crippen LogP contribution in [0.25, 0.3) is 0 Å². The Hall–Kier alpha value is -1.02. The molecule has 1 aromatic rings. The number of hydrogen-bond acceptors (Lipinski definition) is 2. The minimum atomic E-state index is -0.146. The minimum Gasteiger partial charge on any atom is -0.484 e. The van der Waals surface area contributed by atoms with Crippen LogP contribution < -0.4 is 4.74 Å². The number of benzene rings is 1.